The van der Waals surface area contributed by atoms with Gasteiger partial charge in [0.1, 0.15) is 29.8 Å². The van der Waals surface area contributed by atoms with Crippen molar-refractivity contribution < 1.29 is 18.6 Å². The third kappa shape index (κ3) is 4.56. The van der Waals surface area contributed by atoms with Crippen LogP contribution in [0.4, 0.5) is 8.78 Å². The van der Waals surface area contributed by atoms with Crippen molar-refractivity contribution in [1.29, 1.82) is 0 Å². The maximum atomic E-state index is 14.4. The Morgan fingerprint density at radius 1 is 1.09 bits per heavy atom. The molecule has 0 aliphatic heterocycles. The molecule has 0 saturated heterocycles. The lowest BCUT2D eigenvalue weighted by Gasteiger charge is -2.15. The molecular formula is C22H25F2N5O2Si. The number of hydrogen-bond donors (Lipinski definition) is 1. The van der Waals surface area contributed by atoms with Crippen molar-refractivity contribution in [2.24, 2.45) is 7.05 Å². The Kier molecular flexibility index (Phi) is 5.82. The monoisotopic (exact) mass is 457 g/mol. The van der Waals surface area contributed by atoms with E-state index < -0.39 is 25.5 Å². The van der Waals surface area contributed by atoms with Gasteiger partial charge in [-0.15, -0.1) is 0 Å². The zero-order valence-electron chi connectivity index (χ0n) is 18.4. The zero-order chi connectivity index (χ0) is 23.0. The van der Waals surface area contributed by atoms with Crippen molar-refractivity contribution in [3.8, 4) is 28.3 Å². The molecule has 1 N–H and O–H groups in total. The van der Waals surface area contributed by atoms with E-state index in [1.54, 1.807) is 28.7 Å². The second-order valence-corrected chi connectivity index (χ2v) is 14.6. The number of ether oxygens (including phenoxy) is 1. The summed E-state index contributed by atoms with van der Waals surface area (Å²) in [4.78, 5) is 4.28. The molecule has 3 heterocycles. The summed E-state index contributed by atoms with van der Waals surface area (Å²) < 4.78 is 38.1. The fourth-order valence-electron chi connectivity index (χ4n) is 3.40. The van der Waals surface area contributed by atoms with Gasteiger partial charge >= 0.3 is 0 Å². The number of aromatic nitrogens is 5. The van der Waals surface area contributed by atoms with Gasteiger partial charge in [-0.2, -0.15) is 10.2 Å². The fraction of sp³-hybridized carbons (Fsp3) is 0.318. The number of phenols is 1. The molecule has 10 heteroatoms. The summed E-state index contributed by atoms with van der Waals surface area (Å²) in [5, 5.41) is 19.0. The fourth-order valence-corrected chi connectivity index (χ4v) is 4.15. The van der Waals surface area contributed by atoms with E-state index in [2.05, 4.69) is 34.8 Å². The van der Waals surface area contributed by atoms with Crippen LogP contribution in [0.3, 0.4) is 0 Å². The van der Waals surface area contributed by atoms with Crippen LogP contribution in [0.1, 0.15) is 0 Å². The molecule has 32 heavy (non-hydrogen) atoms. The second kappa shape index (κ2) is 8.44. The quantitative estimate of drug-likeness (QED) is 0.319. The summed E-state index contributed by atoms with van der Waals surface area (Å²) in [6, 6.07) is 4.36. The maximum Gasteiger partial charge on any atom is 0.140 e. The Hall–Kier alpha value is -3.11. The molecule has 3 aromatic heterocycles. The van der Waals surface area contributed by atoms with Crippen molar-refractivity contribution in [3.05, 3.63) is 48.4 Å². The zero-order valence-corrected chi connectivity index (χ0v) is 19.4. The summed E-state index contributed by atoms with van der Waals surface area (Å²) in [6.45, 7) is 7.73. The van der Waals surface area contributed by atoms with Gasteiger partial charge in [0.05, 0.1) is 29.2 Å². The van der Waals surface area contributed by atoms with Crippen molar-refractivity contribution in [2.75, 3.05) is 6.61 Å². The Morgan fingerprint density at radius 2 is 1.81 bits per heavy atom. The number of halogens is 2. The normalized spacial score (nSPS) is 12.1. The SMILES string of the molecule is Cn1cc(-c2nn(COCC[Si](C)(C)C)c3cnc(-c4c(F)cc(O)cc4F)cc23)cn1. The molecule has 0 saturated carbocycles. The Balaban J connectivity index is 1.77. The first-order chi connectivity index (χ1) is 15.1. The first kappa shape index (κ1) is 22.1. The third-order valence-electron chi connectivity index (χ3n) is 5.11. The highest BCUT2D eigenvalue weighted by molar-refractivity contribution is 6.76. The molecule has 0 radical (unpaired) electrons. The van der Waals surface area contributed by atoms with E-state index in [1.165, 1.54) is 6.20 Å². The van der Waals surface area contributed by atoms with Gasteiger partial charge in [0.15, 0.2) is 0 Å². The average molecular weight is 458 g/mol. The van der Waals surface area contributed by atoms with Gasteiger partial charge in [0.25, 0.3) is 0 Å². The number of phenolic OH excluding ortho intramolecular Hbond substituents is 1. The second-order valence-electron chi connectivity index (χ2n) is 8.97. The molecular weight excluding hydrogens is 432 g/mol. The van der Waals surface area contributed by atoms with Crippen molar-refractivity contribution in [1.82, 2.24) is 24.5 Å². The smallest absolute Gasteiger partial charge is 0.140 e. The summed E-state index contributed by atoms with van der Waals surface area (Å²) in [5.41, 5.74) is 1.87. The van der Waals surface area contributed by atoms with Crippen LogP contribution in [0.25, 0.3) is 33.4 Å². The molecule has 7 nitrogen and oxygen atoms in total. The van der Waals surface area contributed by atoms with Gasteiger partial charge in [-0.1, -0.05) is 19.6 Å². The van der Waals surface area contributed by atoms with Crippen LogP contribution in [0, 0.1) is 11.6 Å². The van der Waals surface area contributed by atoms with E-state index in [4.69, 9.17) is 4.74 Å². The number of pyridine rings is 1. The average Bonchev–Trinajstić information content (AvgIpc) is 3.27. The number of aromatic hydroxyl groups is 1. The van der Waals surface area contributed by atoms with Crippen molar-refractivity contribution in [2.45, 2.75) is 32.4 Å². The predicted molar refractivity (Wildman–Crippen MR) is 121 cm³/mol. The van der Waals surface area contributed by atoms with Crippen LogP contribution in [0.15, 0.2) is 36.8 Å². The minimum absolute atomic E-state index is 0.108. The van der Waals surface area contributed by atoms with Gasteiger partial charge in [-0.05, 0) is 12.1 Å². The van der Waals surface area contributed by atoms with E-state index in [1.807, 2.05) is 6.20 Å². The summed E-state index contributed by atoms with van der Waals surface area (Å²) in [6.07, 6.45) is 5.03. The highest BCUT2D eigenvalue weighted by Gasteiger charge is 2.20. The lowest BCUT2D eigenvalue weighted by molar-refractivity contribution is 0.0818. The Morgan fingerprint density at radius 3 is 2.44 bits per heavy atom. The molecule has 168 valence electrons. The number of hydrogen-bond acceptors (Lipinski definition) is 5. The van der Waals surface area contributed by atoms with Gasteiger partial charge in [0, 0.05) is 51.0 Å². The van der Waals surface area contributed by atoms with Crippen LogP contribution in [-0.2, 0) is 18.5 Å². The maximum absolute atomic E-state index is 14.4. The number of rotatable bonds is 7. The lowest BCUT2D eigenvalue weighted by Crippen LogP contribution is -2.22. The number of aryl methyl sites for hydroxylation is 1. The van der Waals surface area contributed by atoms with E-state index >= 15 is 0 Å². The molecule has 0 aliphatic carbocycles. The van der Waals surface area contributed by atoms with Crippen LogP contribution >= 0.6 is 0 Å². The van der Waals surface area contributed by atoms with Crippen molar-refractivity contribution >= 4 is 19.0 Å². The standard InChI is InChI=1S/C22H25F2N5O2Si/c1-28-12-14(10-26-28)22-16-9-19(21-17(23)7-15(30)8-18(21)24)25-11-20(16)29(27-22)13-31-5-6-32(2,3)4/h7-12,30H,5-6,13H2,1-4H3. The van der Waals surface area contributed by atoms with Crippen LogP contribution in [0.5, 0.6) is 5.75 Å². The summed E-state index contributed by atoms with van der Waals surface area (Å²) in [7, 11) is 0.582. The van der Waals surface area contributed by atoms with Crippen LogP contribution < -0.4 is 0 Å². The van der Waals surface area contributed by atoms with Crippen LogP contribution in [-0.4, -0.2) is 44.3 Å². The number of benzene rings is 1. The minimum atomic E-state index is -1.22. The Labute approximate surface area is 185 Å². The molecule has 0 atom stereocenters. The molecule has 4 rings (SSSR count). The third-order valence-corrected chi connectivity index (χ3v) is 6.81. The summed E-state index contributed by atoms with van der Waals surface area (Å²) >= 11 is 0. The van der Waals surface area contributed by atoms with Gasteiger partial charge in [-0.3, -0.25) is 9.67 Å². The highest BCUT2D eigenvalue weighted by atomic mass is 28.3. The van der Waals surface area contributed by atoms with E-state index in [0.29, 0.717) is 23.2 Å². The van der Waals surface area contributed by atoms with Crippen molar-refractivity contribution in [3.63, 3.8) is 0 Å². The summed E-state index contributed by atoms with van der Waals surface area (Å²) in [5.74, 6) is -2.26. The first-order valence-corrected chi connectivity index (χ1v) is 13.9. The molecule has 0 amide bonds. The molecule has 0 bridgehead atoms. The van der Waals surface area contributed by atoms with Gasteiger partial charge in [-0.25, -0.2) is 13.5 Å². The molecule has 1 aromatic carbocycles. The topological polar surface area (TPSA) is 78.0 Å². The molecule has 4 aromatic rings. The first-order valence-electron chi connectivity index (χ1n) is 10.2. The van der Waals surface area contributed by atoms with Gasteiger partial charge in [0.2, 0.25) is 0 Å². The minimum Gasteiger partial charge on any atom is -0.508 e. The van der Waals surface area contributed by atoms with Crippen LogP contribution in [0.2, 0.25) is 25.7 Å². The van der Waals surface area contributed by atoms with E-state index in [0.717, 1.165) is 23.7 Å². The molecule has 0 fully saturated rings. The Bertz CT molecular complexity index is 1260. The lowest BCUT2D eigenvalue weighted by atomic mass is 10.1. The predicted octanol–water partition coefficient (Wildman–Crippen LogP) is 4.79. The number of nitrogens with zero attached hydrogens (tertiary/aromatic N) is 5. The van der Waals surface area contributed by atoms with Gasteiger partial charge < -0.3 is 9.84 Å². The largest absolute Gasteiger partial charge is 0.508 e. The van der Waals surface area contributed by atoms with E-state index in [-0.39, 0.29) is 18.0 Å². The highest BCUT2D eigenvalue weighted by Crippen LogP contribution is 2.33. The molecule has 0 unspecified atom stereocenters. The molecule has 0 spiro atoms. The molecule has 0 aliphatic rings. The number of fused-ring (bicyclic) bond motifs is 1. The van der Waals surface area contributed by atoms with E-state index in [9.17, 15) is 13.9 Å².